The van der Waals surface area contributed by atoms with Gasteiger partial charge in [-0.25, -0.2) is 9.97 Å². The molecule has 254 valence electrons. The van der Waals surface area contributed by atoms with E-state index in [0.29, 0.717) is 0 Å². The van der Waals surface area contributed by atoms with E-state index in [1.807, 2.05) is 17.4 Å². The van der Waals surface area contributed by atoms with Crippen LogP contribution in [0, 0.1) is 0 Å². The van der Waals surface area contributed by atoms with Crippen molar-refractivity contribution < 1.29 is 0 Å². The zero-order valence-corrected chi connectivity index (χ0v) is 30.8. The monoisotopic (exact) mass is 706 g/mol. The van der Waals surface area contributed by atoms with E-state index >= 15 is 0 Å². The van der Waals surface area contributed by atoms with Gasteiger partial charge in [0, 0.05) is 42.3 Å². The summed E-state index contributed by atoms with van der Waals surface area (Å²) in [5, 5.41) is 7.52. The molecule has 0 aliphatic heterocycles. The SMILES string of the molecule is CC1(C)c2ccc(-c3ccc(-c4cc(-c5cccc6sc7ccccc7c56)nc(-c5ccccc5)n4)c4ccccc34)cc2-c2ccc3ccccc3c21. The molecule has 0 saturated heterocycles. The summed E-state index contributed by atoms with van der Waals surface area (Å²) in [4.78, 5) is 10.5. The Bertz CT molecular complexity index is 3130. The Balaban J connectivity index is 1.10. The van der Waals surface area contributed by atoms with Crippen LogP contribution in [0.2, 0.25) is 0 Å². The number of hydrogen-bond acceptors (Lipinski definition) is 3. The van der Waals surface area contributed by atoms with Crippen LogP contribution in [0.3, 0.4) is 0 Å². The van der Waals surface area contributed by atoms with Crippen molar-refractivity contribution in [3.8, 4) is 56.2 Å². The molecule has 0 unspecified atom stereocenters. The van der Waals surface area contributed by atoms with E-state index in [9.17, 15) is 0 Å². The van der Waals surface area contributed by atoms with Crippen LogP contribution >= 0.6 is 11.3 Å². The average Bonchev–Trinajstić information content (AvgIpc) is 3.72. The highest BCUT2D eigenvalue weighted by Gasteiger charge is 2.37. The third-order valence-electron chi connectivity index (χ3n) is 11.5. The van der Waals surface area contributed by atoms with E-state index in [2.05, 4.69) is 178 Å². The molecule has 0 saturated carbocycles. The molecule has 54 heavy (non-hydrogen) atoms. The van der Waals surface area contributed by atoms with E-state index in [1.165, 1.54) is 75.1 Å². The first-order valence-electron chi connectivity index (χ1n) is 18.6. The molecule has 0 atom stereocenters. The molecule has 10 aromatic rings. The predicted octanol–water partition coefficient (Wildman–Crippen LogP) is 14.1. The fraction of sp³-hybridized carbons (Fsp3) is 0.0588. The minimum atomic E-state index is -0.0865. The summed E-state index contributed by atoms with van der Waals surface area (Å²) >= 11 is 1.83. The van der Waals surface area contributed by atoms with Gasteiger partial charge in [-0.2, -0.15) is 0 Å². The standard InChI is InChI=1S/C51H34N2S/c1-51(2)43-28-24-33(29-42(43)39-25-23-31-13-6-7-16-35(31)49(39)51)34-26-27-38(37-18-9-8-17-36(34)37)44-30-45(53-50(52-44)32-14-4-3-5-15-32)40-20-12-22-47-48(40)41-19-10-11-21-46(41)54-47/h3-30H,1-2H3. The number of thiophene rings is 1. The van der Waals surface area contributed by atoms with Crippen molar-refractivity contribution in [3.63, 3.8) is 0 Å². The summed E-state index contributed by atoms with van der Waals surface area (Å²) in [6, 6.07) is 61.6. The fourth-order valence-electron chi connectivity index (χ4n) is 8.99. The van der Waals surface area contributed by atoms with Crippen LogP contribution in [0.4, 0.5) is 0 Å². The normalized spacial score (nSPS) is 13.1. The predicted molar refractivity (Wildman–Crippen MR) is 229 cm³/mol. The Hall–Kier alpha value is -6.42. The van der Waals surface area contributed by atoms with Gasteiger partial charge in [-0.3, -0.25) is 0 Å². The Morgan fingerprint density at radius 2 is 1.07 bits per heavy atom. The van der Waals surface area contributed by atoms with E-state index in [-0.39, 0.29) is 5.41 Å². The first kappa shape index (κ1) is 31.1. The quantitative estimate of drug-likeness (QED) is 0.182. The Labute approximate surface area is 318 Å². The smallest absolute Gasteiger partial charge is 0.160 e. The van der Waals surface area contributed by atoms with Crippen LogP contribution in [0.5, 0.6) is 0 Å². The molecule has 0 bridgehead atoms. The van der Waals surface area contributed by atoms with Gasteiger partial charge in [-0.15, -0.1) is 11.3 Å². The number of fused-ring (bicyclic) bond motifs is 9. The summed E-state index contributed by atoms with van der Waals surface area (Å²) in [5.74, 6) is 0.722. The molecule has 1 aliphatic carbocycles. The van der Waals surface area contributed by atoms with Crippen molar-refractivity contribution >= 4 is 53.1 Å². The third kappa shape index (κ3) is 4.65. The molecule has 3 heteroatoms. The highest BCUT2D eigenvalue weighted by atomic mass is 32.1. The van der Waals surface area contributed by atoms with Crippen molar-refractivity contribution in [2.45, 2.75) is 19.3 Å². The van der Waals surface area contributed by atoms with Crippen LogP contribution in [0.1, 0.15) is 25.0 Å². The Morgan fingerprint density at radius 1 is 0.426 bits per heavy atom. The van der Waals surface area contributed by atoms with Crippen molar-refractivity contribution in [1.29, 1.82) is 0 Å². The van der Waals surface area contributed by atoms with Gasteiger partial charge in [0.1, 0.15) is 0 Å². The number of benzene rings is 8. The van der Waals surface area contributed by atoms with Gasteiger partial charge in [0.05, 0.1) is 11.4 Å². The van der Waals surface area contributed by atoms with Gasteiger partial charge in [0.15, 0.2) is 5.82 Å². The first-order chi connectivity index (χ1) is 26.5. The molecule has 2 aromatic heterocycles. The lowest BCUT2D eigenvalue weighted by molar-refractivity contribution is 0.666. The lowest BCUT2D eigenvalue weighted by Gasteiger charge is -2.23. The van der Waals surface area contributed by atoms with Gasteiger partial charge in [0.25, 0.3) is 0 Å². The van der Waals surface area contributed by atoms with Crippen molar-refractivity contribution in [3.05, 3.63) is 181 Å². The highest BCUT2D eigenvalue weighted by molar-refractivity contribution is 7.25. The van der Waals surface area contributed by atoms with E-state index in [4.69, 9.17) is 9.97 Å². The van der Waals surface area contributed by atoms with Gasteiger partial charge in [-0.1, -0.05) is 159 Å². The lowest BCUT2D eigenvalue weighted by Crippen LogP contribution is -2.15. The van der Waals surface area contributed by atoms with Crippen LogP contribution in [0.25, 0.3) is 97.9 Å². The maximum atomic E-state index is 5.29. The zero-order valence-electron chi connectivity index (χ0n) is 30.0. The second-order valence-electron chi connectivity index (χ2n) is 14.9. The first-order valence-corrected chi connectivity index (χ1v) is 19.4. The second-order valence-corrected chi connectivity index (χ2v) is 16.0. The Kier molecular flexibility index (Phi) is 6.80. The molecular formula is C51H34N2S. The maximum absolute atomic E-state index is 5.29. The van der Waals surface area contributed by atoms with E-state index < -0.39 is 0 Å². The summed E-state index contributed by atoms with van der Waals surface area (Å²) in [6.07, 6.45) is 0. The molecule has 0 amide bonds. The number of aromatic nitrogens is 2. The highest BCUT2D eigenvalue weighted by Crippen LogP contribution is 2.52. The van der Waals surface area contributed by atoms with Crippen molar-refractivity contribution in [2.75, 3.05) is 0 Å². The topological polar surface area (TPSA) is 25.8 Å². The minimum Gasteiger partial charge on any atom is -0.228 e. The Morgan fingerprint density at radius 3 is 1.91 bits per heavy atom. The van der Waals surface area contributed by atoms with E-state index in [0.717, 1.165) is 33.9 Å². The maximum Gasteiger partial charge on any atom is 0.160 e. The van der Waals surface area contributed by atoms with Crippen LogP contribution < -0.4 is 0 Å². The summed E-state index contributed by atoms with van der Waals surface area (Å²) in [7, 11) is 0. The molecule has 0 radical (unpaired) electrons. The molecule has 1 aliphatic rings. The van der Waals surface area contributed by atoms with Gasteiger partial charge in [0.2, 0.25) is 0 Å². The summed E-state index contributed by atoms with van der Waals surface area (Å²) in [5.41, 5.74) is 12.9. The zero-order chi connectivity index (χ0) is 36.0. The van der Waals surface area contributed by atoms with Gasteiger partial charge < -0.3 is 0 Å². The number of nitrogens with zero attached hydrogens (tertiary/aromatic N) is 2. The molecule has 11 rings (SSSR count). The average molecular weight is 707 g/mol. The van der Waals surface area contributed by atoms with Gasteiger partial charge in [-0.05, 0) is 79.2 Å². The minimum absolute atomic E-state index is 0.0865. The molecule has 2 heterocycles. The van der Waals surface area contributed by atoms with Crippen molar-refractivity contribution in [1.82, 2.24) is 9.97 Å². The summed E-state index contributed by atoms with van der Waals surface area (Å²) < 4.78 is 2.55. The molecule has 2 nitrogen and oxygen atoms in total. The number of rotatable bonds is 4. The molecule has 8 aromatic carbocycles. The fourth-order valence-corrected chi connectivity index (χ4v) is 10.1. The largest absolute Gasteiger partial charge is 0.228 e. The molecular weight excluding hydrogens is 673 g/mol. The third-order valence-corrected chi connectivity index (χ3v) is 12.6. The van der Waals surface area contributed by atoms with E-state index in [1.54, 1.807) is 0 Å². The summed E-state index contributed by atoms with van der Waals surface area (Å²) in [6.45, 7) is 4.74. The lowest BCUT2D eigenvalue weighted by atomic mass is 9.80. The van der Waals surface area contributed by atoms with Crippen LogP contribution in [-0.4, -0.2) is 9.97 Å². The van der Waals surface area contributed by atoms with Gasteiger partial charge >= 0.3 is 0 Å². The van der Waals surface area contributed by atoms with Crippen LogP contribution in [0.15, 0.2) is 170 Å². The molecule has 0 N–H and O–H groups in total. The van der Waals surface area contributed by atoms with Crippen molar-refractivity contribution in [2.24, 2.45) is 0 Å². The molecule has 0 fully saturated rings. The second kappa shape index (κ2) is 11.8. The molecule has 0 spiro atoms. The van der Waals surface area contributed by atoms with Crippen LogP contribution in [-0.2, 0) is 5.41 Å². The number of hydrogen-bond donors (Lipinski definition) is 0.